The smallest absolute Gasteiger partial charge is 0.266 e. The van der Waals surface area contributed by atoms with Crippen molar-refractivity contribution < 1.29 is 25.8 Å². The molecular formula is C14H18BrF3O3S. The molecule has 8 heteroatoms. The van der Waals surface area contributed by atoms with Crippen LogP contribution in [0.1, 0.15) is 31.2 Å². The molecule has 1 unspecified atom stereocenters. The van der Waals surface area contributed by atoms with Crippen LogP contribution in [0.15, 0.2) is 29.2 Å². The van der Waals surface area contributed by atoms with Crippen molar-refractivity contribution in [1.29, 1.82) is 0 Å². The second-order valence-electron chi connectivity index (χ2n) is 5.00. The zero-order valence-corrected chi connectivity index (χ0v) is 14.5. The molecule has 0 bridgehead atoms. The van der Waals surface area contributed by atoms with Gasteiger partial charge in [-0.2, -0.15) is 21.6 Å². The molecule has 0 amide bonds. The van der Waals surface area contributed by atoms with Crippen molar-refractivity contribution in [2.75, 3.05) is 6.61 Å². The largest absolute Gasteiger partial charge is 0.390 e. The molecule has 0 aliphatic heterocycles. The highest BCUT2D eigenvalue weighted by molar-refractivity contribution is 9.09. The molecule has 1 rings (SSSR count). The van der Waals surface area contributed by atoms with Crippen molar-refractivity contribution in [1.82, 2.24) is 0 Å². The van der Waals surface area contributed by atoms with Gasteiger partial charge in [0.15, 0.2) is 0 Å². The van der Waals surface area contributed by atoms with Gasteiger partial charge in [0.05, 0.1) is 17.9 Å². The molecule has 0 fully saturated rings. The fourth-order valence-electron chi connectivity index (χ4n) is 1.76. The van der Waals surface area contributed by atoms with Crippen molar-refractivity contribution in [2.24, 2.45) is 0 Å². The molecule has 0 spiro atoms. The second-order valence-corrected chi connectivity index (χ2v) is 7.91. The summed E-state index contributed by atoms with van der Waals surface area (Å²) >= 11 is 2.97. The Labute approximate surface area is 137 Å². The molecule has 0 aromatic heterocycles. The lowest BCUT2D eigenvalue weighted by molar-refractivity contribution is -0.134. The van der Waals surface area contributed by atoms with E-state index in [1.165, 1.54) is 12.1 Å². The molecule has 0 saturated heterocycles. The zero-order valence-electron chi connectivity index (χ0n) is 12.1. The molecule has 0 N–H and O–H groups in total. The van der Waals surface area contributed by atoms with Gasteiger partial charge < -0.3 is 0 Å². The number of unbranched alkanes of at least 4 members (excludes halogenated alkanes) is 1. The lowest BCUT2D eigenvalue weighted by Crippen LogP contribution is -2.15. The molecule has 1 aromatic rings. The maximum atomic E-state index is 12.1. The molecule has 0 heterocycles. The topological polar surface area (TPSA) is 43.4 Å². The highest BCUT2D eigenvalue weighted by Crippen LogP contribution is 2.27. The van der Waals surface area contributed by atoms with Gasteiger partial charge in [0.25, 0.3) is 10.1 Å². The van der Waals surface area contributed by atoms with Gasteiger partial charge in [0.1, 0.15) is 0 Å². The van der Waals surface area contributed by atoms with Gasteiger partial charge >= 0.3 is 6.18 Å². The van der Waals surface area contributed by atoms with Gasteiger partial charge in [0, 0.05) is 4.83 Å². The zero-order chi connectivity index (χ0) is 16.8. The monoisotopic (exact) mass is 402 g/mol. The third-order valence-electron chi connectivity index (χ3n) is 2.91. The van der Waals surface area contributed by atoms with Gasteiger partial charge in [-0.15, -0.1) is 0 Å². The molecule has 1 aromatic carbocycles. The number of aryl methyl sites for hydroxylation is 1. The highest BCUT2D eigenvalue weighted by Gasteiger charge is 2.30. The second kappa shape index (κ2) is 8.31. The van der Waals surface area contributed by atoms with Crippen LogP contribution in [0.2, 0.25) is 0 Å². The van der Waals surface area contributed by atoms with E-state index in [-0.39, 0.29) is 11.5 Å². The summed E-state index contributed by atoms with van der Waals surface area (Å²) in [7, 11) is -3.80. The number of alkyl halides is 4. The molecule has 0 saturated carbocycles. The van der Waals surface area contributed by atoms with Crippen molar-refractivity contribution in [3.05, 3.63) is 29.8 Å². The number of halogens is 4. The SMILES string of the molecule is Cc1ccc(S(=O)(=O)OCCCCC(Br)CC(F)(F)F)cc1. The van der Waals surface area contributed by atoms with E-state index in [0.717, 1.165) is 5.56 Å². The average Bonchev–Trinajstić information content (AvgIpc) is 2.36. The van der Waals surface area contributed by atoms with E-state index in [4.69, 9.17) is 4.18 Å². The average molecular weight is 403 g/mol. The lowest BCUT2D eigenvalue weighted by Gasteiger charge is -2.12. The first-order chi connectivity index (χ1) is 10.1. The standard InChI is InChI=1S/C14H18BrF3O3S/c1-11-5-7-13(8-6-11)22(19,20)21-9-3-2-4-12(15)10-14(16,17)18/h5-8,12H,2-4,9-10H2,1H3. The quantitative estimate of drug-likeness (QED) is 0.362. The van der Waals surface area contributed by atoms with Crippen LogP contribution in [0, 0.1) is 6.92 Å². The Bertz CT molecular complexity index is 556. The maximum absolute atomic E-state index is 12.1. The molecule has 126 valence electrons. The van der Waals surface area contributed by atoms with Gasteiger partial charge in [-0.1, -0.05) is 33.6 Å². The Kier molecular flexibility index (Phi) is 7.34. The summed E-state index contributed by atoms with van der Waals surface area (Å²) in [6.45, 7) is 1.80. The minimum absolute atomic E-state index is 0.0397. The molecular weight excluding hydrogens is 385 g/mol. The fraction of sp³-hybridized carbons (Fsp3) is 0.571. The minimum atomic E-state index is -4.19. The summed E-state index contributed by atoms with van der Waals surface area (Å²) in [5.74, 6) is 0. The first-order valence-electron chi connectivity index (χ1n) is 6.77. The number of hydrogen-bond donors (Lipinski definition) is 0. The Morgan fingerprint density at radius 2 is 1.77 bits per heavy atom. The number of rotatable bonds is 8. The van der Waals surface area contributed by atoms with Crippen LogP contribution in [0.5, 0.6) is 0 Å². The Hall–Kier alpha value is -0.600. The van der Waals surface area contributed by atoms with E-state index in [2.05, 4.69) is 15.9 Å². The highest BCUT2D eigenvalue weighted by atomic mass is 79.9. The molecule has 0 aliphatic carbocycles. The summed E-state index contributed by atoms with van der Waals surface area (Å²) in [5, 5.41) is 0. The van der Waals surface area contributed by atoms with E-state index in [0.29, 0.717) is 19.3 Å². The van der Waals surface area contributed by atoms with Crippen LogP contribution in [0.3, 0.4) is 0 Å². The number of hydrogen-bond acceptors (Lipinski definition) is 3. The molecule has 0 radical (unpaired) electrons. The third-order valence-corrected chi connectivity index (χ3v) is 5.02. The van der Waals surface area contributed by atoms with Crippen molar-refractivity contribution in [3.8, 4) is 0 Å². The molecule has 3 nitrogen and oxygen atoms in total. The number of benzene rings is 1. The van der Waals surface area contributed by atoms with Crippen LogP contribution >= 0.6 is 15.9 Å². The molecule has 0 aliphatic rings. The first kappa shape index (κ1) is 19.4. The predicted octanol–water partition coefficient (Wildman–Crippen LogP) is 4.59. The molecule has 1 atom stereocenters. The summed E-state index contributed by atoms with van der Waals surface area (Å²) in [4.78, 5) is -0.574. The van der Waals surface area contributed by atoms with Gasteiger partial charge in [-0.3, -0.25) is 4.18 Å². The summed E-state index contributed by atoms with van der Waals surface area (Å²) in [6, 6.07) is 6.26. The predicted molar refractivity (Wildman–Crippen MR) is 81.6 cm³/mol. The summed E-state index contributed by atoms with van der Waals surface area (Å²) in [6.07, 6.45) is -3.94. The Morgan fingerprint density at radius 3 is 2.32 bits per heavy atom. The third kappa shape index (κ3) is 7.60. The van der Waals surface area contributed by atoms with Gasteiger partial charge in [-0.05, 0) is 38.3 Å². The van der Waals surface area contributed by atoms with Gasteiger partial charge in [0.2, 0.25) is 0 Å². The van der Waals surface area contributed by atoms with E-state index in [1.54, 1.807) is 12.1 Å². The Morgan fingerprint density at radius 1 is 1.18 bits per heavy atom. The van der Waals surface area contributed by atoms with Crippen LogP contribution in [-0.2, 0) is 14.3 Å². The maximum Gasteiger partial charge on any atom is 0.390 e. The van der Waals surface area contributed by atoms with E-state index in [1.807, 2.05) is 6.92 Å². The minimum Gasteiger partial charge on any atom is -0.266 e. The van der Waals surface area contributed by atoms with Crippen molar-refractivity contribution in [2.45, 2.75) is 48.5 Å². The van der Waals surface area contributed by atoms with Crippen LogP contribution < -0.4 is 0 Å². The van der Waals surface area contributed by atoms with Crippen LogP contribution in [-0.4, -0.2) is 26.0 Å². The van der Waals surface area contributed by atoms with Crippen molar-refractivity contribution in [3.63, 3.8) is 0 Å². The Balaban J connectivity index is 2.31. The van der Waals surface area contributed by atoms with Crippen molar-refractivity contribution >= 4 is 26.0 Å². The normalized spacial score (nSPS) is 14.0. The lowest BCUT2D eigenvalue weighted by atomic mass is 10.1. The van der Waals surface area contributed by atoms with Crippen LogP contribution in [0.4, 0.5) is 13.2 Å². The van der Waals surface area contributed by atoms with E-state index in [9.17, 15) is 21.6 Å². The van der Waals surface area contributed by atoms with E-state index >= 15 is 0 Å². The van der Waals surface area contributed by atoms with E-state index < -0.39 is 27.5 Å². The molecule has 22 heavy (non-hydrogen) atoms. The van der Waals surface area contributed by atoms with Crippen LogP contribution in [0.25, 0.3) is 0 Å². The summed E-state index contributed by atoms with van der Waals surface area (Å²) in [5.41, 5.74) is 0.937. The first-order valence-corrected chi connectivity index (χ1v) is 9.09. The summed E-state index contributed by atoms with van der Waals surface area (Å²) < 4.78 is 64.9. The van der Waals surface area contributed by atoms with Gasteiger partial charge in [-0.25, -0.2) is 0 Å². The fourth-order valence-corrected chi connectivity index (χ4v) is 3.40.